The van der Waals surface area contributed by atoms with E-state index in [0.29, 0.717) is 17.3 Å². The van der Waals surface area contributed by atoms with Gasteiger partial charge in [-0.15, -0.1) is 0 Å². The second kappa shape index (κ2) is 6.61. The molecule has 0 aromatic heterocycles. The first-order valence-electron chi connectivity index (χ1n) is 9.28. The van der Waals surface area contributed by atoms with Crippen LogP contribution in [0.1, 0.15) is 105 Å². The second-order valence-corrected chi connectivity index (χ2v) is 10.9. The van der Waals surface area contributed by atoms with Crippen molar-refractivity contribution in [3.63, 3.8) is 0 Å². The van der Waals surface area contributed by atoms with E-state index in [4.69, 9.17) is 0 Å². The Balaban J connectivity index is 3.54. The van der Waals surface area contributed by atoms with Gasteiger partial charge in [0.15, 0.2) is 0 Å². The van der Waals surface area contributed by atoms with Crippen molar-refractivity contribution in [2.75, 3.05) is 0 Å². The quantitative estimate of drug-likeness (QED) is 0.543. The molecule has 0 saturated carbocycles. The van der Waals surface area contributed by atoms with Gasteiger partial charge in [0.2, 0.25) is 0 Å². The van der Waals surface area contributed by atoms with Crippen LogP contribution in [-0.2, 0) is 10.8 Å². The molecule has 0 heterocycles. The number of benzene rings is 1. The highest BCUT2D eigenvalue weighted by Gasteiger charge is 2.29. The van der Waals surface area contributed by atoms with Crippen molar-refractivity contribution in [3.05, 3.63) is 34.9 Å². The van der Waals surface area contributed by atoms with Crippen LogP contribution < -0.4 is 0 Å². The van der Waals surface area contributed by atoms with E-state index in [1.807, 2.05) is 0 Å². The Morgan fingerprint density at radius 3 is 1.65 bits per heavy atom. The fourth-order valence-corrected chi connectivity index (χ4v) is 3.38. The summed E-state index contributed by atoms with van der Waals surface area (Å²) in [6, 6.07) is 7.25. The van der Waals surface area contributed by atoms with Crippen LogP contribution in [0.15, 0.2) is 18.2 Å². The molecule has 0 fully saturated rings. The highest BCUT2D eigenvalue weighted by Crippen LogP contribution is 2.42. The molecule has 0 N–H and O–H groups in total. The normalized spacial score (nSPS) is 15.1. The highest BCUT2D eigenvalue weighted by atomic mass is 14.3. The van der Waals surface area contributed by atoms with Gasteiger partial charge in [0, 0.05) is 0 Å². The third-order valence-electron chi connectivity index (χ3n) is 4.76. The SMILES string of the molecule is CC(C)C(CC(C)(C)C)c1cc(C(C)(C)C)ccc1C(C)(C)C. The molecule has 23 heavy (non-hydrogen) atoms. The van der Waals surface area contributed by atoms with Crippen LogP contribution in [-0.4, -0.2) is 0 Å². The van der Waals surface area contributed by atoms with Crippen molar-refractivity contribution in [1.82, 2.24) is 0 Å². The van der Waals surface area contributed by atoms with Crippen LogP contribution in [0.2, 0.25) is 0 Å². The number of hydrogen-bond acceptors (Lipinski definition) is 0. The summed E-state index contributed by atoms with van der Waals surface area (Å²) in [7, 11) is 0. The molecule has 0 nitrogen and oxygen atoms in total. The average Bonchev–Trinajstić information content (AvgIpc) is 2.31. The lowest BCUT2D eigenvalue weighted by Gasteiger charge is -2.35. The molecule has 0 saturated heterocycles. The topological polar surface area (TPSA) is 0 Å². The molecule has 0 spiro atoms. The molecule has 1 atom stereocenters. The summed E-state index contributed by atoms with van der Waals surface area (Å²) in [5, 5.41) is 0. The summed E-state index contributed by atoms with van der Waals surface area (Å²) in [5.74, 6) is 1.28. The summed E-state index contributed by atoms with van der Waals surface area (Å²) < 4.78 is 0. The first-order chi connectivity index (χ1) is 10.1. The van der Waals surface area contributed by atoms with Gasteiger partial charge in [-0.3, -0.25) is 0 Å². The lowest BCUT2D eigenvalue weighted by Crippen LogP contribution is -2.23. The Morgan fingerprint density at radius 1 is 0.783 bits per heavy atom. The predicted molar refractivity (Wildman–Crippen MR) is 105 cm³/mol. The van der Waals surface area contributed by atoms with E-state index in [2.05, 4.69) is 94.4 Å². The first-order valence-corrected chi connectivity index (χ1v) is 9.28. The van der Waals surface area contributed by atoms with Crippen LogP contribution in [0.5, 0.6) is 0 Å². The van der Waals surface area contributed by atoms with Crippen LogP contribution in [0.25, 0.3) is 0 Å². The average molecular weight is 317 g/mol. The fraction of sp³-hybridized carbons (Fsp3) is 0.739. The third-order valence-corrected chi connectivity index (χ3v) is 4.76. The zero-order valence-electron chi connectivity index (χ0n) is 17.6. The van der Waals surface area contributed by atoms with E-state index in [0.717, 1.165) is 0 Å². The Bertz CT molecular complexity index is 512. The van der Waals surface area contributed by atoms with E-state index in [1.54, 1.807) is 5.56 Å². The molecule has 1 aromatic carbocycles. The zero-order valence-corrected chi connectivity index (χ0v) is 17.6. The van der Waals surface area contributed by atoms with E-state index in [-0.39, 0.29) is 10.8 Å². The van der Waals surface area contributed by atoms with E-state index in [1.165, 1.54) is 17.5 Å². The lowest BCUT2D eigenvalue weighted by atomic mass is 9.70. The summed E-state index contributed by atoms with van der Waals surface area (Å²) in [5.41, 5.74) is 5.30. The molecule has 0 bridgehead atoms. The minimum atomic E-state index is 0.191. The minimum absolute atomic E-state index is 0.191. The molecule has 0 amide bonds. The van der Waals surface area contributed by atoms with Crippen molar-refractivity contribution in [2.24, 2.45) is 11.3 Å². The Hall–Kier alpha value is -0.780. The fourth-order valence-electron chi connectivity index (χ4n) is 3.38. The molecule has 0 aliphatic carbocycles. The van der Waals surface area contributed by atoms with Gasteiger partial charge in [0.05, 0.1) is 0 Å². The van der Waals surface area contributed by atoms with Gasteiger partial charge in [-0.25, -0.2) is 0 Å². The maximum absolute atomic E-state index is 2.51. The summed E-state index contributed by atoms with van der Waals surface area (Å²) >= 11 is 0. The second-order valence-electron chi connectivity index (χ2n) is 10.9. The van der Waals surface area contributed by atoms with Crippen molar-refractivity contribution >= 4 is 0 Å². The standard InChI is InChI=1S/C23H40/c1-16(2)19(15-21(3,4)5)18-14-17(22(6,7)8)12-13-20(18)23(9,10)11/h12-14,16,19H,15H2,1-11H3. The third kappa shape index (κ3) is 5.66. The summed E-state index contributed by atoms with van der Waals surface area (Å²) in [6.45, 7) is 25.8. The van der Waals surface area contributed by atoms with Gasteiger partial charge < -0.3 is 0 Å². The zero-order chi connectivity index (χ0) is 18.2. The first kappa shape index (κ1) is 20.3. The monoisotopic (exact) mass is 316 g/mol. The van der Waals surface area contributed by atoms with Crippen molar-refractivity contribution < 1.29 is 0 Å². The molecule has 0 aliphatic heterocycles. The number of rotatable bonds is 3. The molecule has 1 aromatic rings. The summed E-state index contributed by atoms with van der Waals surface area (Å²) in [6.07, 6.45) is 1.24. The molecule has 132 valence electrons. The minimum Gasteiger partial charge on any atom is -0.0622 e. The Morgan fingerprint density at radius 2 is 1.30 bits per heavy atom. The Labute approximate surface area is 146 Å². The van der Waals surface area contributed by atoms with Crippen LogP contribution in [0.3, 0.4) is 0 Å². The van der Waals surface area contributed by atoms with Gasteiger partial charge in [0.25, 0.3) is 0 Å². The molecular formula is C23H40. The highest BCUT2D eigenvalue weighted by molar-refractivity contribution is 5.41. The van der Waals surface area contributed by atoms with Gasteiger partial charge in [-0.1, -0.05) is 94.4 Å². The lowest BCUT2D eigenvalue weighted by molar-refractivity contribution is 0.298. The van der Waals surface area contributed by atoms with Gasteiger partial charge >= 0.3 is 0 Å². The van der Waals surface area contributed by atoms with Gasteiger partial charge in [-0.2, -0.15) is 0 Å². The van der Waals surface area contributed by atoms with Crippen LogP contribution >= 0.6 is 0 Å². The Kier molecular flexibility index (Phi) is 5.83. The molecule has 0 aliphatic rings. The van der Waals surface area contributed by atoms with Crippen molar-refractivity contribution in [3.8, 4) is 0 Å². The number of hydrogen-bond donors (Lipinski definition) is 0. The van der Waals surface area contributed by atoms with Crippen molar-refractivity contribution in [2.45, 2.75) is 99.3 Å². The van der Waals surface area contributed by atoms with Crippen molar-refractivity contribution in [1.29, 1.82) is 0 Å². The van der Waals surface area contributed by atoms with Crippen LogP contribution in [0, 0.1) is 11.3 Å². The van der Waals surface area contributed by atoms with E-state index in [9.17, 15) is 0 Å². The smallest absolute Gasteiger partial charge is 0.0129 e. The summed E-state index contributed by atoms with van der Waals surface area (Å²) in [4.78, 5) is 0. The largest absolute Gasteiger partial charge is 0.0622 e. The predicted octanol–water partition coefficient (Wildman–Crippen LogP) is 7.46. The van der Waals surface area contributed by atoms with Crippen LogP contribution in [0.4, 0.5) is 0 Å². The molecule has 0 heteroatoms. The van der Waals surface area contributed by atoms with Gasteiger partial charge in [-0.05, 0) is 51.2 Å². The molecular weight excluding hydrogens is 276 g/mol. The maximum Gasteiger partial charge on any atom is -0.0129 e. The molecule has 0 radical (unpaired) electrons. The van der Waals surface area contributed by atoms with E-state index >= 15 is 0 Å². The molecule has 1 unspecified atom stereocenters. The van der Waals surface area contributed by atoms with E-state index < -0.39 is 0 Å². The van der Waals surface area contributed by atoms with Gasteiger partial charge in [0.1, 0.15) is 0 Å². The maximum atomic E-state index is 2.51. The molecule has 1 rings (SSSR count).